The van der Waals surface area contributed by atoms with Crippen LogP contribution in [-0.4, -0.2) is 47.9 Å². The van der Waals surface area contributed by atoms with E-state index in [0.29, 0.717) is 31.2 Å². The van der Waals surface area contributed by atoms with Crippen molar-refractivity contribution in [2.45, 2.75) is 39.7 Å². The Kier molecular flexibility index (Phi) is 8.41. The van der Waals surface area contributed by atoms with Crippen molar-refractivity contribution in [2.75, 3.05) is 26.2 Å². The standard InChI is InChI=1S/C29H33FN2O3S/c1-20(2)12-15-31(29(34)22-6-8-23(30)9-7-22)18-28(33)32-16-13-27-25(14-17-36-27)26(32)19-35-24-10-4-21(3)5-11-24/h4-11,14,17,20,26H,12-13,15-16,18-19H2,1-3H3/t26-/m1/s1. The van der Waals surface area contributed by atoms with Crippen LogP contribution in [0.25, 0.3) is 0 Å². The lowest BCUT2D eigenvalue weighted by atomic mass is 10.00. The van der Waals surface area contributed by atoms with Gasteiger partial charge in [0.2, 0.25) is 5.91 Å². The highest BCUT2D eigenvalue weighted by Crippen LogP contribution is 2.34. The van der Waals surface area contributed by atoms with Gasteiger partial charge < -0.3 is 14.5 Å². The molecule has 0 N–H and O–H groups in total. The van der Waals surface area contributed by atoms with Gasteiger partial charge in [0.05, 0.1) is 6.04 Å². The maximum absolute atomic E-state index is 13.7. The van der Waals surface area contributed by atoms with Crippen LogP contribution in [0.1, 0.15) is 52.7 Å². The molecule has 1 atom stereocenters. The van der Waals surface area contributed by atoms with Crippen LogP contribution >= 0.6 is 11.3 Å². The summed E-state index contributed by atoms with van der Waals surface area (Å²) in [5.41, 5.74) is 2.65. The van der Waals surface area contributed by atoms with Gasteiger partial charge in [-0.05, 0) is 79.1 Å². The van der Waals surface area contributed by atoms with Gasteiger partial charge in [0.25, 0.3) is 5.91 Å². The second-order valence-electron chi connectivity index (χ2n) is 9.69. The van der Waals surface area contributed by atoms with Crippen LogP contribution in [-0.2, 0) is 11.2 Å². The molecular weight excluding hydrogens is 475 g/mol. The molecular formula is C29H33FN2O3S. The first-order chi connectivity index (χ1) is 17.3. The van der Waals surface area contributed by atoms with E-state index in [-0.39, 0.29) is 24.4 Å². The van der Waals surface area contributed by atoms with E-state index in [1.54, 1.807) is 16.2 Å². The summed E-state index contributed by atoms with van der Waals surface area (Å²) < 4.78 is 19.5. The summed E-state index contributed by atoms with van der Waals surface area (Å²) in [6, 6.07) is 15.2. The van der Waals surface area contributed by atoms with Crippen LogP contribution in [0.3, 0.4) is 0 Å². The Morgan fingerprint density at radius 3 is 2.53 bits per heavy atom. The first-order valence-electron chi connectivity index (χ1n) is 12.4. The predicted octanol–water partition coefficient (Wildman–Crippen LogP) is 5.89. The number of benzene rings is 2. The summed E-state index contributed by atoms with van der Waals surface area (Å²) >= 11 is 1.71. The molecule has 1 aliphatic heterocycles. The SMILES string of the molecule is Cc1ccc(OC[C@@H]2c3ccsc3CCN2C(=O)CN(CCC(C)C)C(=O)c2ccc(F)cc2)cc1. The first kappa shape index (κ1) is 25.9. The molecule has 0 radical (unpaired) electrons. The fourth-order valence-electron chi connectivity index (χ4n) is 4.38. The molecule has 5 nitrogen and oxygen atoms in total. The summed E-state index contributed by atoms with van der Waals surface area (Å²) in [6.07, 6.45) is 1.56. The van der Waals surface area contributed by atoms with Gasteiger partial charge in [-0.3, -0.25) is 9.59 Å². The molecule has 1 aliphatic rings. The Bertz CT molecular complexity index is 1170. The molecule has 0 spiro atoms. The lowest BCUT2D eigenvalue weighted by molar-refractivity contribution is -0.135. The second kappa shape index (κ2) is 11.7. The number of nitrogens with zero attached hydrogens (tertiary/aromatic N) is 2. The van der Waals surface area contributed by atoms with Crippen molar-refractivity contribution >= 4 is 23.2 Å². The minimum atomic E-state index is -0.396. The number of rotatable bonds is 9. The zero-order chi connectivity index (χ0) is 25.7. The van der Waals surface area contributed by atoms with Gasteiger partial charge in [0, 0.05) is 23.5 Å². The number of halogens is 1. The van der Waals surface area contributed by atoms with Crippen molar-refractivity contribution in [3.8, 4) is 5.75 Å². The monoisotopic (exact) mass is 508 g/mol. The molecule has 0 fully saturated rings. The number of thiophene rings is 1. The maximum Gasteiger partial charge on any atom is 0.254 e. The Balaban J connectivity index is 1.52. The molecule has 0 bridgehead atoms. The van der Waals surface area contributed by atoms with Crippen LogP contribution in [0.4, 0.5) is 4.39 Å². The summed E-state index contributed by atoms with van der Waals surface area (Å²) in [4.78, 5) is 31.7. The lowest BCUT2D eigenvalue weighted by Crippen LogP contribution is -2.48. The van der Waals surface area contributed by atoms with Crippen LogP contribution < -0.4 is 4.74 Å². The minimum absolute atomic E-state index is 0.0244. The molecule has 2 heterocycles. The van der Waals surface area contributed by atoms with Crippen molar-refractivity contribution in [1.82, 2.24) is 9.80 Å². The quantitative estimate of drug-likeness (QED) is 0.362. The maximum atomic E-state index is 13.7. The highest BCUT2D eigenvalue weighted by atomic mass is 32.1. The van der Waals surface area contributed by atoms with Gasteiger partial charge in [-0.25, -0.2) is 4.39 Å². The summed E-state index contributed by atoms with van der Waals surface area (Å²) in [5.74, 6) is 0.379. The van der Waals surface area contributed by atoms with E-state index in [2.05, 4.69) is 25.3 Å². The predicted molar refractivity (Wildman–Crippen MR) is 141 cm³/mol. The minimum Gasteiger partial charge on any atom is -0.491 e. The largest absolute Gasteiger partial charge is 0.491 e. The first-order valence-corrected chi connectivity index (χ1v) is 13.3. The topological polar surface area (TPSA) is 49.9 Å². The number of hydrogen-bond acceptors (Lipinski definition) is 4. The number of ether oxygens (including phenoxy) is 1. The fourth-order valence-corrected chi connectivity index (χ4v) is 5.31. The van der Waals surface area contributed by atoms with Gasteiger partial charge >= 0.3 is 0 Å². The third kappa shape index (κ3) is 6.32. The Hall–Kier alpha value is -3.19. The Labute approximate surface area is 216 Å². The van der Waals surface area contributed by atoms with E-state index in [4.69, 9.17) is 4.74 Å². The molecule has 3 aromatic rings. The van der Waals surface area contributed by atoms with E-state index in [1.807, 2.05) is 36.1 Å². The van der Waals surface area contributed by atoms with Gasteiger partial charge in [-0.15, -0.1) is 11.3 Å². The molecule has 0 unspecified atom stereocenters. The van der Waals surface area contributed by atoms with Crippen molar-refractivity contribution in [3.63, 3.8) is 0 Å². The molecule has 0 saturated heterocycles. The van der Waals surface area contributed by atoms with E-state index in [0.717, 1.165) is 29.7 Å². The molecule has 2 aromatic carbocycles. The van der Waals surface area contributed by atoms with E-state index in [9.17, 15) is 14.0 Å². The normalized spacial score (nSPS) is 15.0. The Morgan fingerprint density at radius 2 is 1.83 bits per heavy atom. The molecule has 4 rings (SSSR count). The molecule has 2 amide bonds. The molecule has 0 saturated carbocycles. The number of fused-ring (bicyclic) bond motifs is 1. The highest BCUT2D eigenvalue weighted by molar-refractivity contribution is 7.10. The average molecular weight is 509 g/mol. The number of amides is 2. The van der Waals surface area contributed by atoms with Crippen molar-refractivity contribution in [1.29, 1.82) is 0 Å². The van der Waals surface area contributed by atoms with Gasteiger partial charge in [-0.1, -0.05) is 31.5 Å². The summed E-state index contributed by atoms with van der Waals surface area (Å²) in [7, 11) is 0. The third-order valence-electron chi connectivity index (χ3n) is 6.52. The number of hydrogen-bond donors (Lipinski definition) is 0. The van der Waals surface area contributed by atoms with Crippen LogP contribution in [0.5, 0.6) is 5.75 Å². The van der Waals surface area contributed by atoms with Crippen molar-refractivity contribution in [2.24, 2.45) is 5.92 Å². The van der Waals surface area contributed by atoms with Gasteiger partial charge in [0.1, 0.15) is 24.7 Å². The zero-order valence-corrected chi connectivity index (χ0v) is 21.9. The molecule has 1 aromatic heterocycles. The van der Waals surface area contributed by atoms with E-state index in [1.165, 1.54) is 29.1 Å². The number of carbonyl (C=O) groups is 2. The van der Waals surface area contributed by atoms with E-state index < -0.39 is 5.82 Å². The smallest absolute Gasteiger partial charge is 0.254 e. The molecule has 0 aliphatic carbocycles. The summed E-state index contributed by atoms with van der Waals surface area (Å²) in [5, 5.41) is 2.06. The summed E-state index contributed by atoms with van der Waals surface area (Å²) in [6.45, 7) is 7.56. The van der Waals surface area contributed by atoms with Gasteiger partial charge in [0.15, 0.2) is 0 Å². The molecule has 36 heavy (non-hydrogen) atoms. The van der Waals surface area contributed by atoms with Crippen LogP contribution in [0.15, 0.2) is 60.0 Å². The van der Waals surface area contributed by atoms with Crippen molar-refractivity contribution < 1.29 is 18.7 Å². The fraction of sp³-hybridized carbons (Fsp3) is 0.379. The van der Waals surface area contributed by atoms with E-state index >= 15 is 0 Å². The number of aryl methyl sites for hydroxylation is 1. The average Bonchev–Trinajstić information content (AvgIpc) is 3.35. The second-order valence-corrected chi connectivity index (χ2v) is 10.7. The van der Waals surface area contributed by atoms with Gasteiger partial charge in [-0.2, -0.15) is 0 Å². The van der Waals surface area contributed by atoms with Crippen LogP contribution in [0, 0.1) is 18.7 Å². The van der Waals surface area contributed by atoms with Crippen molar-refractivity contribution in [3.05, 3.63) is 87.4 Å². The zero-order valence-electron chi connectivity index (χ0n) is 21.1. The third-order valence-corrected chi connectivity index (χ3v) is 7.52. The van der Waals surface area contributed by atoms with Crippen LogP contribution in [0.2, 0.25) is 0 Å². The Morgan fingerprint density at radius 1 is 1.11 bits per heavy atom. The highest BCUT2D eigenvalue weighted by Gasteiger charge is 2.33. The molecule has 7 heteroatoms. The molecule has 190 valence electrons. The number of carbonyl (C=O) groups excluding carboxylic acids is 2. The lowest BCUT2D eigenvalue weighted by Gasteiger charge is -2.37.